The summed E-state index contributed by atoms with van der Waals surface area (Å²) in [5, 5.41) is 0. The third kappa shape index (κ3) is 3.95. The maximum atomic E-state index is 12.9. The van der Waals surface area contributed by atoms with Gasteiger partial charge in [-0.15, -0.1) is 0 Å². The molecule has 0 aromatic carbocycles. The van der Waals surface area contributed by atoms with Crippen molar-refractivity contribution >= 4 is 17.7 Å². The van der Waals surface area contributed by atoms with E-state index in [1.54, 1.807) is 0 Å². The number of aromatic amines is 1. The van der Waals surface area contributed by atoms with Crippen LogP contribution >= 0.6 is 0 Å². The molecule has 0 radical (unpaired) electrons. The molecule has 0 fully saturated rings. The maximum Gasteiger partial charge on any atom is 0.433 e. The van der Waals surface area contributed by atoms with Crippen LogP contribution in [-0.2, 0) is 18.8 Å². The number of alkyl halides is 6. The fourth-order valence-corrected chi connectivity index (χ4v) is 2.89. The van der Waals surface area contributed by atoms with Gasteiger partial charge < -0.3 is 4.98 Å². The Bertz CT molecular complexity index is 1160. The summed E-state index contributed by atoms with van der Waals surface area (Å²) in [6.45, 7) is 0. The first kappa shape index (κ1) is 19.8. The summed E-state index contributed by atoms with van der Waals surface area (Å²) in [6.07, 6.45) is -6.35. The van der Waals surface area contributed by atoms with E-state index in [1.165, 1.54) is 30.5 Å². The first-order valence-corrected chi connectivity index (χ1v) is 8.52. The average molecular weight is 423 g/mol. The molecule has 1 aliphatic rings. The van der Waals surface area contributed by atoms with E-state index < -0.39 is 23.7 Å². The van der Waals surface area contributed by atoms with E-state index in [2.05, 4.69) is 24.9 Å². The van der Waals surface area contributed by atoms with Gasteiger partial charge in [-0.2, -0.15) is 26.3 Å². The molecule has 0 amide bonds. The van der Waals surface area contributed by atoms with Crippen molar-refractivity contribution in [2.75, 3.05) is 0 Å². The highest BCUT2D eigenvalue weighted by molar-refractivity contribution is 6.08. The Balaban J connectivity index is 1.72. The van der Waals surface area contributed by atoms with E-state index in [-0.39, 0.29) is 17.2 Å². The van der Waals surface area contributed by atoms with E-state index in [9.17, 15) is 26.3 Å². The van der Waals surface area contributed by atoms with E-state index in [4.69, 9.17) is 0 Å². The number of nitrogens with zero attached hydrogens (tertiary/aromatic N) is 4. The number of amidine groups is 1. The Morgan fingerprint density at radius 2 is 1.70 bits per heavy atom. The zero-order valence-corrected chi connectivity index (χ0v) is 14.9. The monoisotopic (exact) mass is 423 g/mol. The fourth-order valence-electron chi connectivity index (χ4n) is 2.89. The van der Waals surface area contributed by atoms with Crippen LogP contribution in [0.5, 0.6) is 0 Å². The summed E-state index contributed by atoms with van der Waals surface area (Å²) < 4.78 is 77.4. The summed E-state index contributed by atoms with van der Waals surface area (Å²) >= 11 is 0. The molecule has 0 saturated heterocycles. The van der Waals surface area contributed by atoms with Crippen molar-refractivity contribution in [1.29, 1.82) is 0 Å². The van der Waals surface area contributed by atoms with Crippen LogP contribution in [0.2, 0.25) is 0 Å². The molecule has 30 heavy (non-hydrogen) atoms. The summed E-state index contributed by atoms with van der Waals surface area (Å²) in [7, 11) is 0. The van der Waals surface area contributed by atoms with Crippen LogP contribution in [0, 0.1) is 0 Å². The Morgan fingerprint density at radius 1 is 0.933 bits per heavy atom. The molecule has 0 bridgehead atoms. The second kappa shape index (κ2) is 7.08. The van der Waals surface area contributed by atoms with Gasteiger partial charge in [0.2, 0.25) is 0 Å². The maximum absolute atomic E-state index is 12.9. The van der Waals surface area contributed by atoms with Crippen molar-refractivity contribution in [2.45, 2.75) is 18.8 Å². The number of H-pyrrole nitrogens is 1. The molecule has 0 unspecified atom stereocenters. The van der Waals surface area contributed by atoms with Crippen LogP contribution in [0.1, 0.15) is 22.6 Å². The Kier molecular flexibility index (Phi) is 4.67. The zero-order chi connectivity index (χ0) is 21.5. The number of hydrogen-bond acceptors (Lipinski definition) is 3. The molecule has 4 rings (SSSR count). The topological polar surface area (TPSA) is 66.3 Å². The minimum atomic E-state index is -4.62. The number of nitrogens with one attached hydrogen (secondary N) is 1. The quantitative estimate of drug-likeness (QED) is 0.575. The molecule has 1 N–H and O–H groups in total. The van der Waals surface area contributed by atoms with Gasteiger partial charge in [-0.05, 0) is 30.3 Å². The van der Waals surface area contributed by atoms with Crippen LogP contribution in [0.4, 0.5) is 32.0 Å². The van der Waals surface area contributed by atoms with Crippen molar-refractivity contribution in [3.8, 4) is 11.4 Å². The number of halogens is 6. The van der Waals surface area contributed by atoms with Gasteiger partial charge in [-0.1, -0.05) is 6.07 Å². The minimum absolute atomic E-state index is 0.00253. The summed E-state index contributed by atoms with van der Waals surface area (Å²) in [5.74, 6) is 0.130. The van der Waals surface area contributed by atoms with Crippen LogP contribution in [0.3, 0.4) is 0 Å². The van der Waals surface area contributed by atoms with Crippen molar-refractivity contribution in [2.24, 2.45) is 9.98 Å². The van der Waals surface area contributed by atoms with Crippen molar-refractivity contribution in [1.82, 2.24) is 15.0 Å². The number of aromatic nitrogens is 3. The smallest absolute Gasteiger partial charge is 0.356 e. The molecule has 0 atom stereocenters. The second-order valence-corrected chi connectivity index (χ2v) is 6.33. The predicted molar refractivity (Wildman–Crippen MR) is 96.7 cm³/mol. The van der Waals surface area contributed by atoms with Gasteiger partial charge in [-0.3, -0.25) is 4.98 Å². The zero-order valence-electron chi connectivity index (χ0n) is 14.9. The van der Waals surface area contributed by atoms with Crippen molar-refractivity contribution in [3.05, 3.63) is 65.2 Å². The third-order valence-corrected chi connectivity index (χ3v) is 4.23. The Labute approximate surface area is 165 Å². The summed E-state index contributed by atoms with van der Waals surface area (Å²) in [4.78, 5) is 18.2. The van der Waals surface area contributed by atoms with Gasteiger partial charge in [0.05, 0.1) is 17.1 Å². The van der Waals surface area contributed by atoms with Gasteiger partial charge in [0.15, 0.2) is 5.84 Å². The van der Waals surface area contributed by atoms with Gasteiger partial charge >= 0.3 is 12.4 Å². The highest BCUT2D eigenvalue weighted by atomic mass is 19.4. The molecular formula is C19H11F6N5. The van der Waals surface area contributed by atoms with Crippen LogP contribution in [0.15, 0.2) is 52.6 Å². The molecule has 3 aromatic heterocycles. The summed E-state index contributed by atoms with van der Waals surface area (Å²) in [6, 6.07) is 7.14. The standard InChI is InChI=1S/C19H11F6N5/c20-18(21,22)15-3-1-2-13(30-15)14-9-11-12(29-14)5-7-27-17(11)28-10-4-6-26-16(8-10)19(23,24)25/h1-4,6-9,29H,5H2. The number of pyridine rings is 2. The van der Waals surface area contributed by atoms with Crippen molar-refractivity contribution < 1.29 is 26.3 Å². The summed E-state index contributed by atoms with van der Waals surface area (Å²) in [5.41, 5.74) is -0.657. The second-order valence-electron chi connectivity index (χ2n) is 6.33. The van der Waals surface area contributed by atoms with Crippen LogP contribution < -0.4 is 0 Å². The van der Waals surface area contributed by atoms with E-state index >= 15 is 0 Å². The lowest BCUT2D eigenvalue weighted by Gasteiger charge is -2.08. The van der Waals surface area contributed by atoms with E-state index in [0.29, 0.717) is 23.4 Å². The lowest BCUT2D eigenvalue weighted by molar-refractivity contribution is -0.141. The first-order valence-electron chi connectivity index (χ1n) is 8.52. The third-order valence-electron chi connectivity index (χ3n) is 4.23. The predicted octanol–water partition coefficient (Wildman–Crippen LogP) is 5.21. The number of fused-ring (bicyclic) bond motifs is 1. The number of rotatable bonds is 2. The molecule has 0 spiro atoms. The molecule has 5 nitrogen and oxygen atoms in total. The number of aliphatic imine (C=N–C) groups is 2. The Morgan fingerprint density at radius 3 is 2.43 bits per heavy atom. The largest absolute Gasteiger partial charge is 0.433 e. The average Bonchev–Trinajstić information content (AvgIpc) is 3.13. The number of hydrogen-bond donors (Lipinski definition) is 1. The normalized spacial score (nSPS) is 15.5. The molecular weight excluding hydrogens is 412 g/mol. The molecule has 0 saturated carbocycles. The lowest BCUT2D eigenvalue weighted by atomic mass is 10.1. The van der Waals surface area contributed by atoms with Crippen molar-refractivity contribution in [3.63, 3.8) is 0 Å². The van der Waals surface area contributed by atoms with E-state index in [1.807, 2.05) is 0 Å². The molecule has 11 heteroatoms. The highest BCUT2D eigenvalue weighted by Crippen LogP contribution is 2.32. The lowest BCUT2D eigenvalue weighted by Crippen LogP contribution is -2.08. The van der Waals surface area contributed by atoms with E-state index in [0.717, 1.165) is 18.3 Å². The van der Waals surface area contributed by atoms with Crippen LogP contribution in [-0.4, -0.2) is 27.0 Å². The van der Waals surface area contributed by atoms with Crippen LogP contribution in [0.25, 0.3) is 11.4 Å². The molecule has 154 valence electrons. The molecule has 4 heterocycles. The fraction of sp³-hybridized carbons (Fsp3) is 0.158. The minimum Gasteiger partial charge on any atom is -0.356 e. The molecule has 1 aliphatic heterocycles. The van der Waals surface area contributed by atoms with Gasteiger partial charge in [0.1, 0.15) is 11.4 Å². The highest BCUT2D eigenvalue weighted by Gasteiger charge is 2.33. The van der Waals surface area contributed by atoms with Gasteiger partial charge in [0, 0.05) is 30.1 Å². The first-order chi connectivity index (χ1) is 14.1. The van der Waals surface area contributed by atoms with Gasteiger partial charge in [-0.25, -0.2) is 15.0 Å². The SMILES string of the molecule is FC(F)(F)c1cc(N=C2N=CCc3[nH]c(-c4cccc(C(F)(F)F)n4)cc32)ccn1. The molecule has 3 aromatic rings. The van der Waals surface area contributed by atoms with Gasteiger partial charge in [0.25, 0.3) is 0 Å². The Hall–Kier alpha value is -3.50. The molecule has 0 aliphatic carbocycles.